The van der Waals surface area contributed by atoms with Gasteiger partial charge in [-0.1, -0.05) is 0 Å². The molecule has 0 atom stereocenters. The van der Waals surface area contributed by atoms with Crippen LogP contribution in [0.25, 0.3) is 46.4 Å². The van der Waals surface area contributed by atoms with Crippen LogP contribution in [0.15, 0.2) is 42.5 Å². The first-order chi connectivity index (χ1) is 13.4. The summed E-state index contributed by atoms with van der Waals surface area (Å²) in [6.45, 7) is 0. The van der Waals surface area contributed by atoms with Gasteiger partial charge in [0.2, 0.25) is 0 Å². The summed E-state index contributed by atoms with van der Waals surface area (Å²) in [4.78, 5) is 34.9. The van der Waals surface area contributed by atoms with Gasteiger partial charge in [0.05, 0.1) is 33.6 Å². The van der Waals surface area contributed by atoms with Gasteiger partial charge in [-0.25, -0.2) is 9.97 Å². The zero-order valence-electron chi connectivity index (χ0n) is 14.8. The average molecular weight is 449 g/mol. The molecular formula is C20H15CoN4O3P. The van der Waals surface area contributed by atoms with E-state index in [9.17, 15) is 14.4 Å². The molecule has 0 spiro atoms. The fourth-order valence-electron chi connectivity index (χ4n) is 3.24. The zero-order valence-corrected chi connectivity index (χ0v) is 16.8. The maximum absolute atomic E-state index is 11.9. The zero-order chi connectivity index (χ0) is 19.3. The van der Waals surface area contributed by atoms with Crippen LogP contribution in [0.4, 0.5) is 0 Å². The van der Waals surface area contributed by atoms with Crippen LogP contribution >= 0.6 is 7.60 Å². The normalized spacial score (nSPS) is 12.8. The molecular weight excluding hydrogens is 434 g/mol. The van der Waals surface area contributed by atoms with Crippen molar-refractivity contribution in [2.45, 2.75) is 0 Å². The van der Waals surface area contributed by atoms with Gasteiger partial charge in [-0.15, -0.1) is 0 Å². The number of nitrogens with zero attached hydrogens (tertiary/aromatic N) is 2. The molecule has 0 amide bonds. The Balaban J connectivity index is 0.00000205. The number of aromatic amines is 2. The summed E-state index contributed by atoms with van der Waals surface area (Å²) >= 11 is 0. The van der Waals surface area contributed by atoms with Crippen molar-refractivity contribution < 1.29 is 31.1 Å². The third-order valence-corrected chi connectivity index (χ3v) is 5.46. The molecule has 3 aromatic heterocycles. The number of aromatic nitrogens is 4. The first kappa shape index (κ1) is 19.6. The monoisotopic (exact) mass is 449 g/mol. The fourth-order valence-corrected chi connectivity index (χ4v) is 3.99. The van der Waals surface area contributed by atoms with Crippen molar-refractivity contribution in [2.24, 2.45) is 0 Å². The quantitative estimate of drug-likeness (QED) is 0.293. The molecule has 0 fully saturated rings. The first-order valence-electron chi connectivity index (χ1n) is 8.57. The molecule has 0 unspecified atom stereocenters. The summed E-state index contributed by atoms with van der Waals surface area (Å²) in [5.41, 5.74) is 5.54. The summed E-state index contributed by atoms with van der Waals surface area (Å²) in [6, 6.07) is 12.6. The van der Waals surface area contributed by atoms with Crippen LogP contribution in [-0.4, -0.2) is 29.7 Å². The van der Waals surface area contributed by atoms with Gasteiger partial charge in [0.15, 0.2) is 0 Å². The van der Waals surface area contributed by atoms with Crippen molar-refractivity contribution in [1.82, 2.24) is 19.9 Å². The van der Waals surface area contributed by atoms with Crippen LogP contribution in [0.2, 0.25) is 0 Å². The molecule has 8 bridgehead atoms. The van der Waals surface area contributed by atoms with Gasteiger partial charge < -0.3 is 19.8 Å². The summed E-state index contributed by atoms with van der Waals surface area (Å²) in [6.07, 6.45) is 7.40. The van der Waals surface area contributed by atoms with Crippen molar-refractivity contribution >= 4 is 59.3 Å². The number of fused-ring (bicyclic) bond motifs is 8. The molecule has 5 rings (SSSR count). The third-order valence-electron chi connectivity index (χ3n) is 4.46. The van der Waals surface area contributed by atoms with Crippen LogP contribution in [0.1, 0.15) is 22.8 Å². The largest absolute Gasteiger partial charge is 0.358 e. The topological polar surface area (TPSA) is 115 Å². The van der Waals surface area contributed by atoms with Crippen LogP contribution in [0.5, 0.6) is 0 Å². The number of hydrogen-bond acceptors (Lipinski definition) is 3. The molecule has 0 aromatic carbocycles. The van der Waals surface area contributed by atoms with E-state index in [2.05, 4.69) is 19.9 Å². The molecule has 29 heavy (non-hydrogen) atoms. The Morgan fingerprint density at radius 2 is 1.17 bits per heavy atom. The maximum Gasteiger partial charge on any atom is 0.358 e. The first-order valence-corrected chi connectivity index (χ1v) is 10.2. The van der Waals surface area contributed by atoms with Gasteiger partial charge in [0.25, 0.3) is 0 Å². The predicted molar refractivity (Wildman–Crippen MR) is 111 cm³/mol. The van der Waals surface area contributed by atoms with Crippen LogP contribution < -0.4 is 5.30 Å². The average Bonchev–Trinajstić information content (AvgIpc) is 3.38. The predicted octanol–water partition coefficient (Wildman–Crippen LogP) is 3.46. The van der Waals surface area contributed by atoms with E-state index in [0.29, 0.717) is 22.4 Å². The Bertz CT molecular complexity index is 1380. The van der Waals surface area contributed by atoms with Gasteiger partial charge in [-0.3, -0.25) is 4.57 Å². The smallest absolute Gasteiger partial charge is 0.355 e. The minimum Gasteiger partial charge on any atom is -0.355 e. The molecule has 2 aliphatic rings. The van der Waals surface area contributed by atoms with E-state index in [1.807, 2.05) is 42.5 Å². The van der Waals surface area contributed by atoms with E-state index in [-0.39, 0.29) is 22.1 Å². The minimum absolute atomic E-state index is 0. The molecule has 0 saturated heterocycles. The Kier molecular flexibility index (Phi) is 4.90. The van der Waals surface area contributed by atoms with Gasteiger partial charge in [-0.05, 0) is 66.8 Å². The summed E-state index contributed by atoms with van der Waals surface area (Å²) < 4.78 is 11.9. The van der Waals surface area contributed by atoms with E-state index >= 15 is 0 Å². The Labute approximate surface area is 175 Å². The molecule has 147 valence electrons. The number of nitrogens with one attached hydrogen (secondary N) is 2. The number of hydrogen-bond donors (Lipinski definition) is 4. The van der Waals surface area contributed by atoms with Crippen molar-refractivity contribution in [1.29, 1.82) is 0 Å². The molecule has 0 aliphatic carbocycles. The van der Waals surface area contributed by atoms with E-state index < -0.39 is 7.60 Å². The van der Waals surface area contributed by atoms with Crippen LogP contribution in [0.3, 0.4) is 0 Å². The molecule has 5 heterocycles. The van der Waals surface area contributed by atoms with Gasteiger partial charge in [0, 0.05) is 33.3 Å². The molecule has 1 radical (unpaired) electrons. The van der Waals surface area contributed by atoms with Crippen molar-refractivity contribution in [3.8, 4) is 0 Å². The molecule has 0 saturated carbocycles. The van der Waals surface area contributed by atoms with Gasteiger partial charge >= 0.3 is 7.60 Å². The van der Waals surface area contributed by atoms with Gasteiger partial charge in [-0.2, -0.15) is 0 Å². The molecule has 2 aliphatic heterocycles. The Hall–Kier alpha value is -2.74. The molecule has 3 aromatic rings. The van der Waals surface area contributed by atoms with E-state index in [0.717, 1.165) is 22.4 Å². The Morgan fingerprint density at radius 3 is 1.69 bits per heavy atom. The molecule has 4 N–H and O–H groups in total. The second-order valence-electron chi connectivity index (χ2n) is 6.60. The van der Waals surface area contributed by atoms with Crippen LogP contribution in [0, 0.1) is 0 Å². The molecule has 9 heteroatoms. The van der Waals surface area contributed by atoms with Crippen LogP contribution in [-0.2, 0) is 21.3 Å². The SMILES string of the molecule is O=P(O)(O)c1cc2cc3nc(cc4ccc(cc5nc(cc1[nH]2)C=C5)[nH]4)C=C3.[Co]. The second-order valence-corrected chi connectivity index (χ2v) is 8.17. The van der Waals surface area contributed by atoms with E-state index in [4.69, 9.17) is 0 Å². The summed E-state index contributed by atoms with van der Waals surface area (Å²) in [5.74, 6) is 0. The maximum atomic E-state index is 11.9. The van der Waals surface area contributed by atoms with Crippen molar-refractivity contribution in [3.05, 3.63) is 65.2 Å². The van der Waals surface area contributed by atoms with Crippen molar-refractivity contribution in [3.63, 3.8) is 0 Å². The van der Waals surface area contributed by atoms with E-state index in [1.165, 1.54) is 6.07 Å². The van der Waals surface area contributed by atoms with E-state index in [1.54, 1.807) is 18.2 Å². The minimum atomic E-state index is -4.45. The summed E-state index contributed by atoms with van der Waals surface area (Å²) in [5, 5.41) is -0.0662. The fraction of sp³-hybridized carbons (Fsp3) is 0. The van der Waals surface area contributed by atoms with Crippen molar-refractivity contribution in [2.75, 3.05) is 0 Å². The Morgan fingerprint density at radius 1 is 0.690 bits per heavy atom. The van der Waals surface area contributed by atoms with Gasteiger partial charge in [0.1, 0.15) is 0 Å². The second kappa shape index (κ2) is 7.26. The standard InChI is InChI=1S/C20H15N4O3P.Co/c25-28(26,27)20-11-18-9-16-4-3-14(22-16)7-12-1-2-13(21-12)8-15-5-6-17(23-15)10-19(20)24-18;/h1-11,21,24H,(H2,25,26,27);. The number of H-pyrrole nitrogens is 2. The third kappa shape index (κ3) is 4.03. The molecule has 7 nitrogen and oxygen atoms in total. The summed E-state index contributed by atoms with van der Waals surface area (Å²) in [7, 11) is -4.45. The number of rotatable bonds is 1.